The van der Waals surface area contributed by atoms with Crippen LogP contribution in [0.4, 0.5) is 5.69 Å². The van der Waals surface area contributed by atoms with E-state index in [1.807, 2.05) is 31.0 Å². The molecule has 1 saturated heterocycles. The molecule has 12 nitrogen and oxygen atoms in total. The molecule has 6 aliphatic rings. The minimum Gasteiger partial charge on any atom is -0.496 e. The van der Waals surface area contributed by atoms with Gasteiger partial charge in [-0.25, -0.2) is 4.79 Å². The van der Waals surface area contributed by atoms with Gasteiger partial charge in [0.25, 0.3) is 0 Å². The summed E-state index contributed by atoms with van der Waals surface area (Å²) in [5, 5.41) is 14.5. The molecule has 12 heteroatoms. The van der Waals surface area contributed by atoms with Crippen LogP contribution in [0, 0.1) is 11.3 Å². The molecular formula is C52H60N4O8. The number of H-pyrrole nitrogens is 1. The number of hydrogen-bond donors (Lipinski definition) is 2. The molecule has 0 radical (unpaired) electrons. The van der Waals surface area contributed by atoms with E-state index in [-0.39, 0.29) is 18.0 Å². The van der Waals surface area contributed by atoms with E-state index in [1.54, 1.807) is 7.11 Å². The minimum atomic E-state index is -2.30. The van der Waals surface area contributed by atoms with Gasteiger partial charge in [0, 0.05) is 84.4 Å². The Hall–Kier alpha value is -5.43. The maximum absolute atomic E-state index is 15.6. The van der Waals surface area contributed by atoms with Gasteiger partial charge in [-0.2, -0.15) is 0 Å². The molecule has 10 rings (SSSR count). The molecule has 64 heavy (non-hydrogen) atoms. The number of anilines is 1. The molecule has 10 atom stereocenters. The predicted molar refractivity (Wildman–Crippen MR) is 243 cm³/mol. The Labute approximate surface area is 375 Å². The molecule has 2 N–H and O–H groups in total. The van der Waals surface area contributed by atoms with Gasteiger partial charge >= 0.3 is 17.9 Å². The van der Waals surface area contributed by atoms with E-state index in [1.165, 1.54) is 32.3 Å². The lowest BCUT2D eigenvalue weighted by Gasteiger charge is -2.63. The second kappa shape index (κ2) is 15.3. The molecule has 3 aromatic carbocycles. The van der Waals surface area contributed by atoms with Crippen LogP contribution in [-0.2, 0) is 45.8 Å². The number of benzene rings is 3. The molecule has 4 aromatic rings. The van der Waals surface area contributed by atoms with Gasteiger partial charge in [0.15, 0.2) is 6.10 Å². The van der Waals surface area contributed by atoms with Gasteiger partial charge in [-0.1, -0.05) is 86.2 Å². The molecule has 2 bridgehead atoms. The predicted octanol–water partition coefficient (Wildman–Crippen LogP) is 6.54. The first kappa shape index (κ1) is 42.5. The fraction of sp³-hybridized carbons (Fsp3) is 0.481. The van der Waals surface area contributed by atoms with Crippen LogP contribution in [0.5, 0.6) is 5.75 Å². The number of para-hydroxylation sites is 1. The molecule has 2 fully saturated rings. The monoisotopic (exact) mass is 868 g/mol. The second-order valence-electron chi connectivity index (χ2n) is 19.0. The first-order chi connectivity index (χ1) is 30.9. The normalized spacial score (nSPS) is 33.7. The fourth-order valence-electron chi connectivity index (χ4n) is 14.2. The van der Waals surface area contributed by atoms with E-state index in [0.717, 1.165) is 52.9 Å². The van der Waals surface area contributed by atoms with E-state index in [9.17, 15) is 14.7 Å². The average Bonchev–Trinajstić information content (AvgIpc) is 3.98. The van der Waals surface area contributed by atoms with Crippen LogP contribution in [0.1, 0.15) is 80.4 Å². The summed E-state index contributed by atoms with van der Waals surface area (Å²) < 4.78 is 24.2. The SMILES string of the molecule is CCC1=CC2CN(CCc3c([nH]c4ccccc34)[C@@](C(=O)OC)(c3cc4c(cc3OC)N(C)C3C45CCN4CC=CC(CC)(C45)C(OC(C)=O)[C@]3(O)C(=O)OC)C2)[C@@H]1c1ccccc1. The third-order valence-electron chi connectivity index (χ3n) is 16.3. The molecule has 0 amide bonds. The van der Waals surface area contributed by atoms with Crippen molar-refractivity contribution in [3.05, 3.63) is 118 Å². The van der Waals surface area contributed by atoms with Gasteiger partial charge in [0.2, 0.25) is 5.60 Å². The van der Waals surface area contributed by atoms with E-state index in [2.05, 4.69) is 94.5 Å². The Balaban J connectivity index is 1.27. The van der Waals surface area contributed by atoms with Crippen molar-refractivity contribution < 1.29 is 38.4 Å². The van der Waals surface area contributed by atoms with Gasteiger partial charge in [-0.05, 0) is 73.4 Å². The smallest absolute Gasteiger partial charge is 0.344 e. The van der Waals surface area contributed by atoms with Crippen molar-refractivity contribution in [2.75, 3.05) is 59.5 Å². The topological polar surface area (TPSA) is 134 Å². The molecule has 336 valence electrons. The Bertz CT molecular complexity index is 2610. The summed E-state index contributed by atoms with van der Waals surface area (Å²) in [4.78, 5) is 54.0. The van der Waals surface area contributed by atoms with Crippen LogP contribution >= 0.6 is 0 Å². The molecule has 1 saturated carbocycles. The molecule has 7 unspecified atom stereocenters. The summed E-state index contributed by atoms with van der Waals surface area (Å²) in [6.45, 7) is 8.40. The Kier molecular flexibility index (Phi) is 10.2. The van der Waals surface area contributed by atoms with Crippen molar-refractivity contribution in [2.45, 2.75) is 93.5 Å². The van der Waals surface area contributed by atoms with Gasteiger partial charge in [-0.3, -0.25) is 19.4 Å². The van der Waals surface area contributed by atoms with Crippen LogP contribution in [0.25, 0.3) is 10.9 Å². The summed E-state index contributed by atoms with van der Waals surface area (Å²) in [6.07, 6.45) is 8.28. The lowest BCUT2D eigenvalue weighted by atomic mass is 9.47. The van der Waals surface area contributed by atoms with E-state index < -0.39 is 51.9 Å². The van der Waals surface area contributed by atoms with Crippen LogP contribution < -0.4 is 9.64 Å². The van der Waals surface area contributed by atoms with Crippen LogP contribution in [0.3, 0.4) is 0 Å². The molecular weight excluding hydrogens is 809 g/mol. The summed E-state index contributed by atoms with van der Waals surface area (Å²) in [6, 6.07) is 22.0. The van der Waals surface area contributed by atoms with Crippen molar-refractivity contribution in [2.24, 2.45) is 11.3 Å². The lowest BCUT2D eigenvalue weighted by molar-refractivity contribution is -0.228. The van der Waals surface area contributed by atoms with Crippen molar-refractivity contribution in [1.82, 2.24) is 14.8 Å². The molecule has 5 aliphatic heterocycles. The zero-order valence-corrected chi connectivity index (χ0v) is 38.0. The average molecular weight is 869 g/mol. The van der Waals surface area contributed by atoms with Crippen molar-refractivity contribution in [1.29, 1.82) is 0 Å². The number of ether oxygens (including phenoxy) is 4. The number of likely N-dealkylation sites (N-methyl/N-ethyl adjacent to an activating group) is 1. The number of aromatic amines is 1. The third-order valence-corrected chi connectivity index (χ3v) is 16.3. The largest absolute Gasteiger partial charge is 0.496 e. The highest BCUT2D eigenvalue weighted by molar-refractivity contribution is 5.95. The minimum absolute atomic E-state index is 0.0558. The van der Waals surface area contributed by atoms with Gasteiger partial charge in [0.1, 0.15) is 11.2 Å². The molecule has 6 heterocycles. The van der Waals surface area contributed by atoms with Crippen LogP contribution in [0.2, 0.25) is 0 Å². The summed E-state index contributed by atoms with van der Waals surface area (Å²) in [5.74, 6) is -1.42. The van der Waals surface area contributed by atoms with E-state index in [0.29, 0.717) is 50.1 Å². The number of carbonyl (C=O) groups excluding carboxylic acids is 3. The molecule has 1 aromatic heterocycles. The number of carbonyl (C=O) groups is 3. The first-order valence-corrected chi connectivity index (χ1v) is 22.9. The lowest BCUT2D eigenvalue weighted by Crippen LogP contribution is -2.81. The number of aromatic nitrogens is 1. The Morgan fingerprint density at radius 1 is 0.906 bits per heavy atom. The highest BCUT2D eigenvalue weighted by Crippen LogP contribution is 2.68. The number of esters is 3. The van der Waals surface area contributed by atoms with Crippen molar-refractivity contribution >= 4 is 34.5 Å². The Morgan fingerprint density at radius 3 is 2.36 bits per heavy atom. The zero-order chi connectivity index (χ0) is 44.9. The molecule has 1 spiro atoms. The summed E-state index contributed by atoms with van der Waals surface area (Å²) in [7, 11) is 6.26. The molecule has 1 aliphatic carbocycles. The summed E-state index contributed by atoms with van der Waals surface area (Å²) in [5.41, 5.74) is 2.12. The summed E-state index contributed by atoms with van der Waals surface area (Å²) >= 11 is 0. The number of rotatable bonds is 8. The number of aliphatic hydroxyl groups is 1. The number of hydrogen-bond acceptors (Lipinski definition) is 11. The number of nitrogens with zero attached hydrogens (tertiary/aromatic N) is 3. The standard InChI is InChI=1S/C52H60N4O8/c1-8-33-26-32-29-51(47(58)62-6,43-36(35-18-13-14-19-39(35)53-43)20-24-56(30-32)42(33)34-16-11-10-12-17-34)38-27-37-40(28-41(38)61-5)54(4)45-50(37)22-25-55-23-15-21-49(9-2,44(50)55)46(64-31(3)57)52(45,60)48(59)63-7/h10-19,21,26-28,32,42,44-46,53,60H,8-9,20,22-25,29-30H2,1-7H3/t32?,42-,44?,45?,46?,49?,50?,51-,52-/m0/s1. The third kappa shape index (κ3) is 5.54. The number of methoxy groups -OCH3 is 3. The first-order valence-electron chi connectivity index (χ1n) is 22.9. The van der Waals surface area contributed by atoms with Gasteiger partial charge in [-0.15, -0.1) is 0 Å². The van der Waals surface area contributed by atoms with Gasteiger partial charge in [0.05, 0.1) is 33.4 Å². The van der Waals surface area contributed by atoms with Crippen molar-refractivity contribution in [3.8, 4) is 5.75 Å². The van der Waals surface area contributed by atoms with E-state index in [4.69, 9.17) is 18.9 Å². The highest BCUT2D eigenvalue weighted by Gasteiger charge is 2.80. The number of fused-ring (bicyclic) bond motifs is 6. The maximum atomic E-state index is 15.6. The quantitative estimate of drug-likeness (QED) is 0.114. The van der Waals surface area contributed by atoms with Gasteiger partial charge < -0.3 is 33.9 Å². The zero-order valence-electron chi connectivity index (χ0n) is 38.0. The van der Waals surface area contributed by atoms with Crippen molar-refractivity contribution in [3.63, 3.8) is 0 Å². The van der Waals surface area contributed by atoms with Crippen LogP contribution in [-0.4, -0.2) is 116 Å². The van der Waals surface area contributed by atoms with Crippen LogP contribution in [0.15, 0.2) is 90.5 Å². The maximum Gasteiger partial charge on any atom is 0.344 e. The Morgan fingerprint density at radius 2 is 1.66 bits per heavy atom. The van der Waals surface area contributed by atoms with E-state index >= 15 is 4.79 Å². The fourth-order valence-corrected chi connectivity index (χ4v) is 14.2. The second-order valence-corrected chi connectivity index (χ2v) is 19.0. The number of nitrogens with one attached hydrogen (secondary N) is 1. The highest BCUT2D eigenvalue weighted by atomic mass is 16.6.